The summed E-state index contributed by atoms with van der Waals surface area (Å²) in [6.07, 6.45) is 7.52. The zero-order chi connectivity index (χ0) is 17.4. The van der Waals surface area contributed by atoms with E-state index in [-0.39, 0.29) is 17.9 Å². The number of carbonyl (C=O) groups is 1. The molecular weight excluding hydrogens is 306 g/mol. The van der Waals surface area contributed by atoms with Gasteiger partial charge in [-0.2, -0.15) is 4.98 Å². The minimum Gasteiger partial charge on any atom is -0.472 e. The largest absolute Gasteiger partial charge is 0.472 e. The van der Waals surface area contributed by atoms with E-state index in [1.54, 1.807) is 12.3 Å². The van der Waals surface area contributed by atoms with Gasteiger partial charge in [0.05, 0.1) is 13.7 Å². The molecule has 1 atom stereocenters. The van der Waals surface area contributed by atoms with Crippen molar-refractivity contribution in [3.05, 3.63) is 12.3 Å². The smallest absolute Gasteiger partial charge is 0.319 e. The van der Waals surface area contributed by atoms with Gasteiger partial charge in [-0.1, -0.05) is 26.7 Å². The Morgan fingerprint density at radius 1 is 1.38 bits per heavy atom. The molecule has 0 aliphatic carbocycles. The second-order valence-corrected chi connectivity index (χ2v) is 6.32. The maximum absolute atomic E-state index is 12.8. The summed E-state index contributed by atoms with van der Waals surface area (Å²) in [5, 5.41) is 0. The topological polar surface area (TPSA) is 64.6 Å². The van der Waals surface area contributed by atoms with Crippen LogP contribution in [0.4, 0.5) is 0 Å². The highest BCUT2D eigenvalue weighted by Gasteiger charge is 2.29. The summed E-state index contributed by atoms with van der Waals surface area (Å²) in [6, 6.07) is 2.02. The van der Waals surface area contributed by atoms with E-state index in [4.69, 9.17) is 9.47 Å². The van der Waals surface area contributed by atoms with Gasteiger partial charge in [0.1, 0.15) is 6.10 Å². The van der Waals surface area contributed by atoms with Gasteiger partial charge in [-0.25, -0.2) is 4.98 Å². The normalized spacial score (nSPS) is 17.8. The molecule has 0 N–H and O–H groups in total. The number of hydrogen-bond donors (Lipinski definition) is 0. The molecule has 24 heavy (non-hydrogen) atoms. The van der Waals surface area contributed by atoms with E-state index in [1.165, 1.54) is 7.11 Å². The van der Waals surface area contributed by atoms with Crippen LogP contribution in [0, 0.1) is 5.92 Å². The molecule has 6 nitrogen and oxygen atoms in total. The fraction of sp³-hybridized carbons (Fsp3) is 0.722. The number of ether oxygens (including phenoxy) is 2. The van der Waals surface area contributed by atoms with E-state index >= 15 is 0 Å². The van der Waals surface area contributed by atoms with Crippen molar-refractivity contribution >= 4 is 5.91 Å². The summed E-state index contributed by atoms with van der Waals surface area (Å²) in [7, 11) is 1.53. The van der Waals surface area contributed by atoms with E-state index < -0.39 is 0 Å². The Morgan fingerprint density at radius 2 is 2.12 bits per heavy atom. The zero-order valence-electron chi connectivity index (χ0n) is 15.0. The van der Waals surface area contributed by atoms with E-state index in [0.29, 0.717) is 18.4 Å². The molecule has 1 aromatic rings. The van der Waals surface area contributed by atoms with Crippen LogP contribution in [-0.2, 0) is 4.79 Å². The van der Waals surface area contributed by atoms with Crippen molar-refractivity contribution in [2.45, 2.75) is 58.5 Å². The summed E-state index contributed by atoms with van der Waals surface area (Å²) in [5.74, 6) is 0.935. The van der Waals surface area contributed by atoms with E-state index in [0.717, 1.165) is 45.1 Å². The maximum atomic E-state index is 12.8. The Kier molecular flexibility index (Phi) is 7.28. The number of methoxy groups -OCH3 is 1. The van der Waals surface area contributed by atoms with Gasteiger partial charge in [0, 0.05) is 24.7 Å². The lowest BCUT2D eigenvalue weighted by Gasteiger charge is -2.34. The Balaban J connectivity index is 1.96. The lowest BCUT2D eigenvalue weighted by molar-refractivity contribution is -0.138. The van der Waals surface area contributed by atoms with E-state index in [2.05, 4.69) is 23.8 Å². The van der Waals surface area contributed by atoms with Crippen molar-refractivity contribution < 1.29 is 14.3 Å². The summed E-state index contributed by atoms with van der Waals surface area (Å²) in [5.41, 5.74) is 0. The van der Waals surface area contributed by atoms with Gasteiger partial charge in [-0.3, -0.25) is 4.79 Å². The first kappa shape index (κ1) is 18.5. The highest BCUT2D eigenvalue weighted by atomic mass is 16.5. The predicted molar refractivity (Wildman–Crippen MR) is 92.1 cm³/mol. The molecule has 1 saturated heterocycles. The first-order valence-corrected chi connectivity index (χ1v) is 9.00. The summed E-state index contributed by atoms with van der Waals surface area (Å²) < 4.78 is 11.0. The van der Waals surface area contributed by atoms with Gasteiger partial charge in [-0.05, 0) is 25.7 Å². The van der Waals surface area contributed by atoms with Crippen LogP contribution in [-0.4, -0.2) is 47.1 Å². The number of piperidine rings is 1. The van der Waals surface area contributed by atoms with Crippen molar-refractivity contribution in [3.63, 3.8) is 0 Å². The molecule has 0 saturated carbocycles. The molecule has 1 fully saturated rings. The third-order valence-corrected chi connectivity index (χ3v) is 4.39. The number of amides is 1. The third-order valence-electron chi connectivity index (χ3n) is 4.39. The number of nitrogens with zero attached hydrogens (tertiary/aromatic N) is 3. The molecule has 0 aromatic carbocycles. The molecule has 1 aliphatic heterocycles. The monoisotopic (exact) mass is 335 g/mol. The van der Waals surface area contributed by atoms with Crippen molar-refractivity contribution in [2.24, 2.45) is 5.92 Å². The van der Waals surface area contributed by atoms with Gasteiger partial charge >= 0.3 is 6.01 Å². The van der Waals surface area contributed by atoms with E-state index in [9.17, 15) is 4.79 Å². The maximum Gasteiger partial charge on any atom is 0.319 e. The van der Waals surface area contributed by atoms with Crippen LogP contribution in [0.2, 0.25) is 0 Å². The molecule has 134 valence electrons. The Hall–Kier alpha value is -1.85. The van der Waals surface area contributed by atoms with Gasteiger partial charge in [0.15, 0.2) is 0 Å². The number of carbonyl (C=O) groups excluding carboxylic acids is 1. The SMILES string of the molecule is CCCC(CCC)C(=O)N1CCCC(Oc2ccnc(OC)n2)C1. The van der Waals surface area contributed by atoms with Crippen LogP contribution in [0.25, 0.3) is 0 Å². The zero-order valence-corrected chi connectivity index (χ0v) is 15.0. The minimum atomic E-state index is -0.0220. The van der Waals surface area contributed by atoms with Gasteiger partial charge in [0.25, 0.3) is 0 Å². The molecule has 1 aromatic heterocycles. The highest BCUT2D eigenvalue weighted by Crippen LogP contribution is 2.22. The molecule has 0 radical (unpaired) electrons. The first-order chi connectivity index (χ1) is 11.7. The molecule has 6 heteroatoms. The van der Waals surface area contributed by atoms with Crippen molar-refractivity contribution in [3.8, 4) is 11.9 Å². The average molecular weight is 335 g/mol. The van der Waals surface area contributed by atoms with E-state index in [1.807, 2.05) is 4.90 Å². The molecule has 2 rings (SSSR count). The summed E-state index contributed by atoms with van der Waals surface area (Å²) in [4.78, 5) is 22.9. The standard InChI is InChI=1S/C18H29N3O3/c1-4-7-14(8-5-2)17(22)21-12-6-9-15(13-21)24-16-10-11-19-18(20-16)23-3/h10-11,14-15H,4-9,12-13H2,1-3H3. The predicted octanol–water partition coefficient (Wildman–Crippen LogP) is 3.07. The van der Waals surface area contributed by atoms with Gasteiger partial charge in [-0.15, -0.1) is 0 Å². The number of hydrogen-bond acceptors (Lipinski definition) is 5. The van der Waals surface area contributed by atoms with Crippen LogP contribution < -0.4 is 9.47 Å². The quantitative estimate of drug-likeness (QED) is 0.730. The lowest BCUT2D eigenvalue weighted by atomic mass is 9.95. The Morgan fingerprint density at radius 3 is 2.79 bits per heavy atom. The second-order valence-electron chi connectivity index (χ2n) is 6.32. The molecule has 0 bridgehead atoms. The first-order valence-electron chi connectivity index (χ1n) is 9.00. The fourth-order valence-corrected chi connectivity index (χ4v) is 3.24. The van der Waals surface area contributed by atoms with Crippen LogP contribution in [0.3, 0.4) is 0 Å². The van der Waals surface area contributed by atoms with Crippen molar-refractivity contribution in [1.82, 2.24) is 14.9 Å². The Labute approximate surface area is 144 Å². The molecule has 2 heterocycles. The fourth-order valence-electron chi connectivity index (χ4n) is 3.24. The molecule has 0 spiro atoms. The molecule has 1 unspecified atom stereocenters. The van der Waals surface area contributed by atoms with Crippen LogP contribution >= 0.6 is 0 Å². The molecule has 1 amide bonds. The number of likely N-dealkylation sites (tertiary alicyclic amines) is 1. The molecular formula is C18H29N3O3. The third kappa shape index (κ3) is 5.08. The van der Waals surface area contributed by atoms with Crippen molar-refractivity contribution in [1.29, 1.82) is 0 Å². The van der Waals surface area contributed by atoms with Crippen LogP contribution in [0.1, 0.15) is 52.4 Å². The number of rotatable bonds is 8. The van der Waals surface area contributed by atoms with Crippen LogP contribution in [0.5, 0.6) is 11.9 Å². The van der Waals surface area contributed by atoms with Gasteiger partial charge in [0.2, 0.25) is 11.8 Å². The second kappa shape index (κ2) is 9.45. The van der Waals surface area contributed by atoms with Gasteiger partial charge < -0.3 is 14.4 Å². The summed E-state index contributed by atoms with van der Waals surface area (Å²) in [6.45, 7) is 5.74. The lowest BCUT2D eigenvalue weighted by Crippen LogP contribution is -2.46. The minimum absolute atomic E-state index is 0.0220. The van der Waals surface area contributed by atoms with Crippen LogP contribution in [0.15, 0.2) is 12.3 Å². The number of aromatic nitrogens is 2. The summed E-state index contributed by atoms with van der Waals surface area (Å²) >= 11 is 0. The Bertz CT molecular complexity index is 518. The molecule has 1 aliphatic rings. The van der Waals surface area contributed by atoms with Crippen molar-refractivity contribution in [2.75, 3.05) is 20.2 Å². The highest BCUT2D eigenvalue weighted by molar-refractivity contribution is 5.79. The average Bonchev–Trinajstić information content (AvgIpc) is 2.61.